The highest BCUT2D eigenvalue weighted by molar-refractivity contribution is 9.10. The number of nitrogens with one attached hydrogen (secondary N) is 1. The van der Waals surface area contributed by atoms with Gasteiger partial charge in [-0.1, -0.05) is 40.7 Å². The van der Waals surface area contributed by atoms with E-state index in [2.05, 4.69) is 33.0 Å². The monoisotopic (exact) mass is 418 g/mol. The number of ether oxygens (including phenoxy) is 1. The Balaban J connectivity index is 1.70. The summed E-state index contributed by atoms with van der Waals surface area (Å²) in [6, 6.07) is 15.5. The highest BCUT2D eigenvalue weighted by atomic mass is 79.9. The van der Waals surface area contributed by atoms with Gasteiger partial charge in [0.25, 0.3) is 0 Å². The van der Waals surface area contributed by atoms with Crippen LogP contribution in [0, 0.1) is 0 Å². The molecular weight excluding hydrogens is 400 g/mol. The Morgan fingerprint density at radius 3 is 2.80 bits per heavy atom. The van der Waals surface area contributed by atoms with Crippen LogP contribution in [0.2, 0.25) is 0 Å². The van der Waals surface area contributed by atoms with Crippen LogP contribution in [0.1, 0.15) is 11.1 Å². The van der Waals surface area contributed by atoms with Gasteiger partial charge in [0.05, 0.1) is 12.0 Å². The fraction of sp³-hybridized carbons (Fsp3) is 0.158. The number of thioether (sulfide) groups is 1. The molecule has 0 aliphatic heterocycles. The number of rotatable bonds is 9. The second-order valence-electron chi connectivity index (χ2n) is 5.08. The summed E-state index contributed by atoms with van der Waals surface area (Å²) in [7, 11) is 0. The van der Waals surface area contributed by atoms with Gasteiger partial charge in [-0.2, -0.15) is 5.10 Å². The van der Waals surface area contributed by atoms with Crippen molar-refractivity contribution in [3.63, 3.8) is 0 Å². The number of benzene rings is 2. The molecule has 130 valence electrons. The SMILES string of the molecule is C=CCOc1ccc(/C=N/NC(=O)CSCc2cccc(Br)c2)cc1. The third-order valence-corrected chi connectivity index (χ3v) is 4.54. The van der Waals surface area contributed by atoms with E-state index in [4.69, 9.17) is 4.74 Å². The number of amides is 1. The van der Waals surface area contributed by atoms with Crippen molar-refractivity contribution < 1.29 is 9.53 Å². The highest BCUT2D eigenvalue weighted by Gasteiger charge is 2.01. The summed E-state index contributed by atoms with van der Waals surface area (Å²) in [5.41, 5.74) is 4.59. The molecule has 0 unspecified atom stereocenters. The van der Waals surface area contributed by atoms with Crippen molar-refractivity contribution in [1.82, 2.24) is 5.43 Å². The topological polar surface area (TPSA) is 50.7 Å². The minimum atomic E-state index is -0.123. The normalized spacial score (nSPS) is 10.6. The molecule has 2 aromatic carbocycles. The molecule has 0 bridgehead atoms. The lowest BCUT2D eigenvalue weighted by molar-refractivity contribution is -0.118. The molecule has 0 radical (unpaired) electrons. The molecule has 25 heavy (non-hydrogen) atoms. The minimum absolute atomic E-state index is 0.123. The predicted molar refractivity (Wildman–Crippen MR) is 108 cm³/mol. The van der Waals surface area contributed by atoms with Crippen LogP contribution >= 0.6 is 27.7 Å². The first-order valence-electron chi connectivity index (χ1n) is 7.65. The van der Waals surface area contributed by atoms with E-state index >= 15 is 0 Å². The molecule has 0 fully saturated rings. The molecule has 0 saturated carbocycles. The molecule has 2 aromatic rings. The number of nitrogens with zero attached hydrogens (tertiary/aromatic N) is 1. The summed E-state index contributed by atoms with van der Waals surface area (Å²) in [6.45, 7) is 4.08. The molecular formula is C19H19BrN2O2S. The zero-order valence-electron chi connectivity index (χ0n) is 13.7. The van der Waals surface area contributed by atoms with Crippen molar-refractivity contribution in [2.75, 3.05) is 12.4 Å². The Hall–Kier alpha value is -2.05. The molecule has 4 nitrogen and oxygen atoms in total. The molecule has 0 heterocycles. The summed E-state index contributed by atoms with van der Waals surface area (Å²) >= 11 is 4.98. The Bertz CT molecular complexity index is 732. The molecule has 1 amide bonds. The number of carbonyl (C=O) groups excluding carboxylic acids is 1. The van der Waals surface area contributed by atoms with E-state index in [1.54, 1.807) is 24.1 Å². The molecule has 1 N–H and O–H groups in total. The summed E-state index contributed by atoms with van der Waals surface area (Å²) < 4.78 is 6.45. The molecule has 6 heteroatoms. The summed E-state index contributed by atoms with van der Waals surface area (Å²) in [5, 5.41) is 3.97. The number of hydrazone groups is 1. The second-order valence-corrected chi connectivity index (χ2v) is 6.99. The Kier molecular flexibility index (Phi) is 8.28. The summed E-state index contributed by atoms with van der Waals surface area (Å²) in [4.78, 5) is 11.8. The van der Waals surface area contributed by atoms with Crippen LogP contribution in [0.4, 0.5) is 0 Å². The maximum Gasteiger partial charge on any atom is 0.250 e. The quantitative estimate of drug-likeness (QED) is 0.373. The van der Waals surface area contributed by atoms with E-state index in [-0.39, 0.29) is 5.91 Å². The van der Waals surface area contributed by atoms with E-state index in [1.807, 2.05) is 48.5 Å². The van der Waals surface area contributed by atoms with Gasteiger partial charge in [0.1, 0.15) is 12.4 Å². The Morgan fingerprint density at radius 2 is 2.08 bits per heavy atom. The highest BCUT2D eigenvalue weighted by Crippen LogP contribution is 2.16. The van der Waals surface area contributed by atoms with E-state index in [1.165, 1.54) is 5.56 Å². The van der Waals surface area contributed by atoms with Crippen LogP contribution in [0.25, 0.3) is 0 Å². The van der Waals surface area contributed by atoms with E-state index < -0.39 is 0 Å². The Labute approximate surface area is 160 Å². The first-order valence-corrected chi connectivity index (χ1v) is 9.60. The number of hydrogen-bond donors (Lipinski definition) is 1. The van der Waals surface area contributed by atoms with E-state index in [0.29, 0.717) is 12.4 Å². The van der Waals surface area contributed by atoms with Gasteiger partial charge in [0.15, 0.2) is 0 Å². The maximum atomic E-state index is 11.8. The average molecular weight is 419 g/mol. The van der Waals surface area contributed by atoms with Crippen molar-refractivity contribution in [3.05, 3.63) is 76.8 Å². The van der Waals surface area contributed by atoms with Gasteiger partial charge in [-0.15, -0.1) is 11.8 Å². The van der Waals surface area contributed by atoms with Crippen LogP contribution in [-0.4, -0.2) is 24.5 Å². The fourth-order valence-electron chi connectivity index (χ4n) is 1.90. The lowest BCUT2D eigenvalue weighted by atomic mass is 10.2. The molecule has 0 aliphatic rings. The van der Waals surface area contributed by atoms with Crippen LogP contribution in [0.15, 0.2) is 70.8 Å². The van der Waals surface area contributed by atoms with Crippen molar-refractivity contribution in [2.24, 2.45) is 5.10 Å². The standard InChI is InChI=1S/C19H19BrN2O2S/c1-2-10-24-18-8-6-15(7-9-18)12-21-22-19(23)14-25-13-16-4-3-5-17(20)11-16/h2-9,11-12H,1,10,13-14H2,(H,22,23)/b21-12+. The molecule has 0 spiro atoms. The number of hydrogen-bond acceptors (Lipinski definition) is 4. The van der Waals surface area contributed by atoms with Gasteiger partial charge >= 0.3 is 0 Å². The Morgan fingerprint density at radius 1 is 1.28 bits per heavy atom. The van der Waals surface area contributed by atoms with E-state index in [9.17, 15) is 4.79 Å². The average Bonchev–Trinajstić information content (AvgIpc) is 2.61. The first kappa shape index (κ1) is 19.3. The lowest BCUT2D eigenvalue weighted by Crippen LogP contribution is -2.19. The van der Waals surface area contributed by atoms with Gasteiger partial charge in [-0.3, -0.25) is 4.79 Å². The molecule has 2 rings (SSSR count). The number of carbonyl (C=O) groups is 1. The first-order chi connectivity index (χ1) is 12.2. The lowest BCUT2D eigenvalue weighted by Gasteiger charge is -2.03. The van der Waals surface area contributed by atoms with Crippen LogP contribution in [0.5, 0.6) is 5.75 Å². The van der Waals surface area contributed by atoms with E-state index in [0.717, 1.165) is 21.5 Å². The zero-order chi connectivity index (χ0) is 17.9. The summed E-state index contributed by atoms with van der Waals surface area (Å²) in [5.74, 6) is 1.79. The zero-order valence-corrected chi connectivity index (χ0v) is 16.1. The van der Waals surface area contributed by atoms with Crippen molar-refractivity contribution in [3.8, 4) is 5.75 Å². The minimum Gasteiger partial charge on any atom is -0.490 e. The van der Waals surface area contributed by atoms with Crippen molar-refractivity contribution >= 4 is 39.8 Å². The van der Waals surface area contributed by atoms with Crippen molar-refractivity contribution in [1.29, 1.82) is 0 Å². The summed E-state index contributed by atoms with van der Waals surface area (Å²) in [6.07, 6.45) is 3.30. The van der Waals surface area contributed by atoms with Crippen molar-refractivity contribution in [2.45, 2.75) is 5.75 Å². The van der Waals surface area contributed by atoms with Crippen LogP contribution in [0.3, 0.4) is 0 Å². The number of halogens is 1. The maximum absolute atomic E-state index is 11.8. The van der Waals surface area contributed by atoms with Gasteiger partial charge in [0, 0.05) is 10.2 Å². The molecule has 0 aliphatic carbocycles. The smallest absolute Gasteiger partial charge is 0.250 e. The third kappa shape index (κ3) is 7.58. The van der Waals surface area contributed by atoms with Gasteiger partial charge < -0.3 is 4.74 Å². The fourth-order valence-corrected chi connectivity index (χ4v) is 3.12. The largest absolute Gasteiger partial charge is 0.490 e. The predicted octanol–water partition coefficient (Wildman–Crippen LogP) is 4.40. The molecule has 0 aromatic heterocycles. The van der Waals surface area contributed by atoms with Gasteiger partial charge in [-0.05, 0) is 47.5 Å². The van der Waals surface area contributed by atoms with Gasteiger partial charge in [0.2, 0.25) is 5.91 Å². The molecule has 0 atom stereocenters. The third-order valence-electron chi connectivity index (χ3n) is 3.04. The molecule has 0 saturated heterocycles. The van der Waals surface area contributed by atoms with Gasteiger partial charge in [-0.25, -0.2) is 5.43 Å². The second kappa shape index (κ2) is 10.7. The van der Waals surface area contributed by atoms with Crippen LogP contribution in [-0.2, 0) is 10.5 Å². The van der Waals surface area contributed by atoms with Crippen LogP contribution < -0.4 is 10.2 Å².